The fraction of sp³-hybridized carbons (Fsp3) is 0.647. The van der Waals surface area contributed by atoms with Gasteiger partial charge < -0.3 is 26.6 Å². The number of hydrogen-bond donors (Lipinski definition) is 3. The highest BCUT2D eigenvalue weighted by Crippen LogP contribution is 2.41. The highest BCUT2D eigenvalue weighted by atomic mass is 16.6. The lowest BCUT2D eigenvalue weighted by Gasteiger charge is -2.60. The van der Waals surface area contributed by atoms with Crippen LogP contribution in [-0.2, 0) is 0 Å². The zero-order valence-electron chi connectivity index (χ0n) is 16.5. The number of piperidine rings is 1. The summed E-state index contributed by atoms with van der Waals surface area (Å²) in [6.45, 7) is 7.85. The van der Waals surface area contributed by atoms with Gasteiger partial charge in [-0.3, -0.25) is 20.2 Å². The van der Waals surface area contributed by atoms with E-state index in [0.29, 0.717) is 12.8 Å². The van der Waals surface area contributed by atoms with Gasteiger partial charge in [-0.05, 0) is 46.6 Å². The van der Waals surface area contributed by atoms with Gasteiger partial charge >= 0.3 is 0 Å². The molecule has 11 nitrogen and oxygen atoms in total. The number of nitro groups is 2. The predicted octanol–water partition coefficient (Wildman–Crippen LogP) is 2.80. The lowest BCUT2D eigenvalue weighted by atomic mass is 9.79. The molecule has 0 unspecified atom stereocenters. The van der Waals surface area contributed by atoms with Crippen LogP contribution in [0.3, 0.4) is 0 Å². The van der Waals surface area contributed by atoms with Crippen LogP contribution in [0.5, 0.6) is 0 Å². The number of hydrogen-bond acceptors (Lipinski definition) is 9. The van der Waals surface area contributed by atoms with Gasteiger partial charge in [0.05, 0.1) is 15.9 Å². The van der Waals surface area contributed by atoms with Gasteiger partial charge in [0.25, 0.3) is 11.4 Å². The Bertz CT molecular complexity index is 749. The molecular formula is C17H27N6O5-. The fourth-order valence-corrected chi connectivity index (χ4v) is 3.93. The van der Waals surface area contributed by atoms with Crippen LogP contribution in [0.15, 0.2) is 12.1 Å². The Kier molecular flexibility index (Phi) is 6.12. The first-order valence-electron chi connectivity index (χ1n) is 9.04. The first-order valence-corrected chi connectivity index (χ1v) is 9.04. The summed E-state index contributed by atoms with van der Waals surface area (Å²) in [5, 5.41) is 42.4. The van der Waals surface area contributed by atoms with E-state index in [2.05, 4.69) is 10.6 Å². The van der Waals surface area contributed by atoms with Crippen LogP contribution in [0.25, 0.3) is 0 Å². The monoisotopic (exact) mass is 395 g/mol. The fourth-order valence-electron chi connectivity index (χ4n) is 3.93. The van der Waals surface area contributed by atoms with Crippen LogP contribution < -0.4 is 16.4 Å². The second kappa shape index (κ2) is 7.86. The normalized spacial score (nSPS) is 19.2. The predicted molar refractivity (Wildman–Crippen MR) is 107 cm³/mol. The largest absolute Gasteiger partial charge is 0.784 e. The Labute approximate surface area is 163 Å². The third-order valence-electron chi connectivity index (χ3n) is 4.92. The summed E-state index contributed by atoms with van der Waals surface area (Å²) >= 11 is 0. The van der Waals surface area contributed by atoms with Gasteiger partial charge in [0, 0.05) is 30.2 Å². The molecule has 0 saturated carbocycles. The van der Waals surface area contributed by atoms with Crippen LogP contribution >= 0.6 is 0 Å². The van der Waals surface area contributed by atoms with Crippen molar-refractivity contribution in [1.82, 2.24) is 5.06 Å². The standard InChI is InChI=1S/C17H27N6O5/c1-16(2)9-11(10-17(3,4)23(16)28)20-13-7-12(19-6-5-18)14(21(24)25)8-15(13)22(26)27/h7-8,11,19-20H,5-6,9-10,18H2,1-4H3/q-1. The summed E-state index contributed by atoms with van der Waals surface area (Å²) in [6.07, 6.45) is 0.944. The molecule has 156 valence electrons. The third kappa shape index (κ3) is 4.49. The lowest BCUT2D eigenvalue weighted by molar-refractivity contribution is -0.393. The average molecular weight is 395 g/mol. The van der Waals surface area contributed by atoms with Crippen molar-refractivity contribution < 1.29 is 9.85 Å². The topological polar surface area (TPSA) is 163 Å². The molecule has 0 bridgehead atoms. The van der Waals surface area contributed by atoms with E-state index in [4.69, 9.17) is 5.73 Å². The molecule has 11 heteroatoms. The van der Waals surface area contributed by atoms with Crippen molar-refractivity contribution in [1.29, 1.82) is 0 Å². The second-order valence-corrected chi connectivity index (χ2v) is 8.28. The van der Waals surface area contributed by atoms with Crippen LogP contribution in [0, 0.1) is 25.4 Å². The minimum atomic E-state index is -0.669. The second-order valence-electron chi connectivity index (χ2n) is 8.28. The molecule has 1 saturated heterocycles. The number of hydroxylamine groups is 2. The molecule has 0 aromatic heterocycles. The van der Waals surface area contributed by atoms with Crippen molar-refractivity contribution in [3.05, 3.63) is 37.6 Å². The van der Waals surface area contributed by atoms with Gasteiger partial charge in [-0.15, -0.1) is 0 Å². The number of nitrogens with one attached hydrogen (secondary N) is 2. The van der Waals surface area contributed by atoms with Crippen molar-refractivity contribution in [2.45, 2.75) is 57.7 Å². The minimum Gasteiger partial charge on any atom is -0.784 e. The average Bonchev–Trinajstić information content (AvgIpc) is 2.56. The number of rotatable bonds is 7. The van der Waals surface area contributed by atoms with Crippen LogP contribution in [0.2, 0.25) is 0 Å². The summed E-state index contributed by atoms with van der Waals surface area (Å²) in [7, 11) is 0. The Hall–Kier alpha value is -2.50. The van der Waals surface area contributed by atoms with Crippen molar-refractivity contribution >= 4 is 22.7 Å². The molecule has 0 spiro atoms. The van der Waals surface area contributed by atoms with E-state index in [0.717, 1.165) is 11.1 Å². The maximum absolute atomic E-state index is 12.5. The maximum Gasteiger partial charge on any atom is 0.299 e. The van der Waals surface area contributed by atoms with Gasteiger partial charge in [-0.1, -0.05) is 0 Å². The van der Waals surface area contributed by atoms with Crippen molar-refractivity contribution in [2.24, 2.45) is 5.73 Å². The van der Waals surface area contributed by atoms with Crippen molar-refractivity contribution in [3.8, 4) is 0 Å². The highest BCUT2D eigenvalue weighted by Gasteiger charge is 2.40. The Balaban J connectivity index is 2.43. The first-order chi connectivity index (χ1) is 12.9. The van der Waals surface area contributed by atoms with E-state index in [1.54, 1.807) is 0 Å². The number of nitrogens with two attached hydrogens (primary N) is 1. The summed E-state index contributed by atoms with van der Waals surface area (Å²) in [4.78, 5) is 21.5. The van der Waals surface area contributed by atoms with Gasteiger partial charge in [-0.25, -0.2) is 0 Å². The van der Waals surface area contributed by atoms with Gasteiger partial charge in [0.1, 0.15) is 11.4 Å². The molecule has 0 radical (unpaired) electrons. The van der Waals surface area contributed by atoms with Gasteiger partial charge in [-0.2, -0.15) is 0 Å². The van der Waals surface area contributed by atoms with Crippen LogP contribution in [0.4, 0.5) is 22.7 Å². The van der Waals surface area contributed by atoms with E-state index < -0.39 is 20.9 Å². The summed E-state index contributed by atoms with van der Waals surface area (Å²) in [6, 6.07) is 2.10. The molecule has 0 atom stereocenters. The Morgan fingerprint density at radius 3 is 2.04 bits per heavy atom. The number of benzene rings is 1. The van der Waals surface area contributed by atoms with Crippen LogP contribution in [0.1, 0.15) is 40.5 Å². The highest BCUT2D eigenvalue weighted by molar-refractivity contribution is 5.77. The van der Waals surface area contributed by atoms with Crippen molar-refractivity contribution in [3.63, 3.8) is 0 Å². The molecular weight excluding hydrogens is 368 g/mol. The minimum absolute atomic E-state index is 0.156. The van der Waals surface area contributed by atoms with Crippen LogP contribution in [-0.4, -0.2) is 45.1 Å². The summed E-state index contributed by atoms with van der Waals surface area (Å²) < 4.78 is 0. The number of anilines is 2. The zero-order valence-corrected chi connectivity index (χ0v) is 16.5. The molecule has 1 aromatic carbocycles. The van der Waals surface area contributed by atoms with E-state index in [1.807, 2.05) is 27.7 Å². The van der Waals surface area contributed by atoms with E-state index in [1.165, 1.54) is 6.07 Å². The Morgan fingerprint density at radius 2 is 1.57 bits per heavy atom. The molecule has 1 aromatic rings. The summed E-state index contributed by atoms with van der Waals surface area (Å²) in [5.74, 6) is 0. The SMILES string of the molecule is CC1(C)CC(Nc2cc(NCCN)c([N+](=O)[O-])cc2[N+](=O)[O-])CC(C)(C)N1[O-]. The molecule has 0 amide bonds. The number of nitro benzene ring substituents is 2. The first kappa shape index (κ1) is 21.8. The molecule has 0 aliphatic carbocycles. The van der Waals surface area contributed by atoms with E-state index >= 15 is 0 Å². The maximum atomic E-state index is 12.5. The van der Waals surface area contributed by atoms with E-state index in [9.17, 15) is 25.4 Å². The molecule has 28 heavy (non-hydrogen) atoms. The van der Waals surface area contributed by atoms with E-state index in [-0.39, 0.29) is 41.9 Å². The van der Waals surface area contributed by atoms with Gasteiger partial charge in [0.2, 0.25) is 0 Å². The molecule has 2 rings (SSSR count). The van der Waals surface area contributed by atoms with Crippen molar-refractivity contribution in [2.75, 3.05) is 23.7 Å². The molecule has 1 aliphatic heterocycles. The molecule has 1 aliphatic rings. The van der Waals surface area contributed by atoms with Gasteiger partial charge in [0.15, 0.2) is 0 Å². The zero-order chi connectivity index (χ0) is 21.3. The Morgan fingerprint density at radius 1 is 1.07 bits per heavy atom. The lowest BCUT2D eigenvalue weighted by Crippen LogP contribution is -2.60. The molecule has 1 heterocycles. The smallest absolute Gasteiger partial charge is 0.299 e. The quantitative estimate of drug-likeness (QED) is 0.465. The number of nitrogens with zero attached hydrogens (tertiary/aromatic N) is 3. The summed E-state index contributed by atoms with van der Waals surface area (Å²) in [5.41, 5.74) is 3.69. The molecule has 1 fully saturated rings. The molecule has 4 N–H and O–H groups in total. The third-order valence-corrected chi connectivity index (χ3v) is 4.92.